The average molecular weight is 512 g/mol. The van der Waals surface area contributed by atoms with E-state index in [1.807, 2.05) is 13.8 Å². The van der Waals surface area contributed by atoms with Crippen LogP contribution in [0.25, 0.3) is 11.3 Å². The summed E-state index contributed by atoms with van der Waals surface area (Å²) in [5.41, 5.74) is 0.253. The van der Waals surface area contributed by atoms with Crippen molar-refractivity contribution in [1.82, 2.24) is 9.97 Å². The van der Waals surface area contributed by atoms with Crippen molar-refractivity contribution in [3.05, 3.63) is 63.7 Å². The van der Waals surface area contributed by atoms with Gasteiger partial charge in [0, 0.05) is 22.7 Å². The molecule has 0 aliphatic heterocycles. The molecule has 3 rings (SSSR count). The Labute approximate surface area is 203 Å². The van der Waals surface area contributed by atoms with Crippen molar-refractivity contribution in [2.45, 2.75) is 26.3 Å². The minimum absolute atomic E-state index is 0.0128. The molecule has 0 spiro atoms. The van der Waals surface area contributed by atoms with Crippen LogP contribution in [0.4, 0.5) is 36.3 Å². The van der Waals surface area contributed by atoms with Crippen LogP contribution < -0.4 is 15.4 Å². The zero-order valence-electron chi connectivity index (χ0n) is 18.5. The number of benzene rings is 2. The van der Waals surface area contributed by atoms with Crippen molar-refractivity contribution < 1.29 is 27.9 Å². The van der Waals surface area contributed by atoms with Gasteiger partial charge in [0.1, 0.15) is 17.3 Å². The minimum Gasteiger partial charge on any atom is -0.406 e. The Balaban J connectivity index is 2.08. The third kappa shape index (κ3) is 7.17. The van der Waals surface area contributed by atoms with Crippen LogP contribution in [0, 0.1) is 16.0 Å². The first kappa shape index (κ1) is 26.0. The predicted octanol–water partition coefficient (Wildman–Crippen LogP) is 5.78. The maximum Gasteiger partial charge on any atom is 0.573 e. The van der Waals surface area contributed by atoms with Crippen LogP contribution in [0.5, 0.6) is 5.75 Å². The van der Waals surface area contributed by atoms with E-state index in [9.17, 15) is 28.4 Å². The highest BCUT2D eigenvalue weighted by atomic mass is 35.5. The summed E-state index contributed by atoms with van der Waals surface area (Å²) in [5, 5.41) is 27.2. The number of halogens is 4. The van der Waals surface area contributed by atoms with Gasteiger partial charge in [-0.3, -0.25) is 10.1 Å². The molecule has 1 aromatic heterocycles. The maximum atomic E-state index is 12.7. The summed E-state index contributed by atoms with van der Waals surface area (Å²) < 4.78 is 42.0. The number of anilines is 3. The van der Waals surface area contributed by atoms with Crippen molar-refractivity contribution in [1.29, 1.82) is 0 Å². The summed E-state index contributed by atoms with van der Waals surface area (Å²) in [6.45, 7) is 3.50. The average Bonchev–Trinajstić information content (AvgIpc) is 2.76. The zero-order valence-corrected chi connectivity index (χ0v) is 19.3. The molecule has 3 aromatic rings. The van der Waals surface area contributed by atoms with Crippen LogP contribution >= 0.6 is 11.6 Å². The van der Waals surface area contributed by atoms with Crippen LogP contribution in [-0.2, 0) is 0 Å². The second-order valence-corrected chi connectivity index (χ2v) is 8.20. The van der Waals surface area contributed by atoms with E-state index in [-0.39, 0.29) is 51.9 Å². The van der Waals surface area contributed by atoms with Crippen molar-refractivity contribution in [3.8, 4) is 17.0 Å². The molecule has 0 aliphatic carbocycles. The number of nitrogens with one attached hydrogen (secondary N) is 2. The summed E-state index contributed by atoms with van der Waals surface area (Å²) in [6.07, 6.45) is -4.87. The molecule has 0 fully saturated rings. The Bertz CT molecular complexity index is 1210. The molecule has 35 heavy (non-hydrogen) atoms. The fourth-order valence-electron chi connectivity index (χ4n) is 3.07. The molecule has 3 N–H and O–H groups in total. The number of aliphatic hydroxyl groups excluding tert-OH is 1. The Morgan fingerprint density at radius 2 is 1.91 bits per heavy atom. The van der Waals surface area contributed by atoms with Crippen LogP contribution in [0.15, 0.2) is 48.5 Å². The van der Waals surface area contributed by atoms with E-state index in [1.54, 1.807) is 0 Å². The van der Waals surface area contributed by atoms with Gasteiger partial charge in [-0.05, 0) is 30.2 Å². The Kier molecular flexibility index (Phi) is 7.97. The van der Waals surface area contributed by atoms with Crippen LogP contribution in [-0.4, -0.2) is 39.0 Å². The van der Waals surface area contributed by atoms with Gasteiger partial charge in [-0.2, -0.15) is 4.98 Å². The highest BCUT2D eigenvalue weighted by molar-refractivity contribution is 6.31. The number of hydrogen-bond donors (Lipinski definition) is 3. The first-order chi connectivity index (χ1) is 16.4. The first-order valence-electron chi connectivity index (χ1n) is 10.3. The molecule has 0 amide bonds. The number of nitro benzene ring substituents is 1. The van der Waals surface area contributed by atoms with Gasteiger partial charge in [0.2, 0.25) is 5.95 Å². The van der Waals surface area contributed by atoms with E-state index in [2.05, 4.69) is 25.3 Å². The van der Waals surface area contributed by atoms with E-state index in [0.717, 1.165) is 12.1 Å². The SMILES string of the molecule is CC(C)[C@H](CO)Nc1nc(Nc2cc(Cl)ccc2[N+](=O)[O-])cc(-c2cccc(OC(F)(F)F)c2)n1. The molecule has 0 aliphatic rings. The van der Waals surface area contributed by atoms with Gasteiger partial charge in [0.05, 0.1) is 23.3 Å². The van der Waals surface area contributed by atoms with Crippen LogP contribution in [0.1, 0.15) is 13.8 Å². The lowest BCUT2D eigenvalue weighted by Crippen LogP contribution is -2.30. The quantitative estimate of drug-likeness (QED) is 0.244. The third-order valence-corrected chi connectivity index (χ3v) is 5.06. The molecule has 2 aromatic carbocycles. The van der Waals surface area contributed by atoms with Gasteiger partial charge in [-0.25, -0.2) is 4.98 Å². The van der Waals surface area contributed by atoms with Crippen LogP contribution in [0.2, 0.25) is 5.02 Å². The Hall–Kier alpha value is -3.64. The fraction of sp³-hybridized carbons (Fsp3) is 0.273. The molecular formula is C22H21ClF3N5O4. The second kappa shape index (κ2) is 10.7. The standard InChI is InChI=1S/C22H21ClF3N5O4/c1-12(2)18(11-32)29-21-28-16(13-4-3-5-15(8-13)35-22(24,25)26)10-20(30-21)27-17-9-14(23)6-7-19(17)31(33)34/h3-10,12,18,32H,11H2,1-2H3,(H2,27,28,29,30)/t18-/m0/s1. The molecule has 9 nitrogen and oxygen atoms in total. The summed E-state index contributed by atoms with van der Waals surface area (Å²) in [5.74, 6) is -0.310. The smallest absolute Gasteiger partial charge is 0.406 e. The topological polar surface area (TPSA) is 122 Å². The van der Waals surface area contributed by atoms with Crippen molar-refractivity contribution in [2.75, 3.05) is 17.2 Å². The van der Waals surface area contributed by atoms with Gasteiger partial charge in [-0.1, -0.05) is 37.6 Å². The van der Waals surface area contributed by atoms with Crippen molar-refractivity contribution >= 4 is 34.7 Å². The van der Waals surface area contributed by atoms with E-state index in [4.69, 9.17) is 11.6 Å². The molecule has 1 heterocycles. The number of nitrogens with zero attached hydrogens (tertiary/aromatic N) is 3. The summed E-state index contributed by atoms with van der Waals surface area (Å²) in [7, 11) is 0. The normalized spacial score (nSPS) is 12.3. The lowest BCUT2D eigenvalue weighted by atomic mass is 10.1. The third-order valence-electron chi connectivity index (χ3n) is 4.82. The highest BCUT2D eigenvalue weighted by Gasteiger charge is 2.31. The molecule has 1 atom stereocenters. The van der Waals surface area contributed by atoms with E-state index in [0.29, 0.717) is 0 Å². The predicted molar refractivity (Wildman–Crippen MR) is 125 cm³/mol. The van der Waals surface area contributed by atoms with E-state index >= 15 is 0 Å². The number of nitro groups is 1. The molecule has 13 heteroatoms. The highest BCUT2D eigenvalue weighted by Crippen LogP contribution is 2.33. The van der Waals surface area contributed by atoms with Gasteiger partial charge >= 0.3 is 6.36 Å². The summed E-state index contributed by atoms with van der Waals surface area (Å²) in [6, 6.07) is 10.1. The number of hydrogen-bond acceptors (Lipinski definition) is 8. The molecule has 0 saturated carbocycles. The molecule has 0 saturated heterocycles. The number of aromatic nitrogens is 2. The molecular weight excluding hydrogens is 491 g/mol. The molecule has 0 radical (unpaired) electrons. The molecule has 0 unspecified atom stereocenters. The number of alkyl halides is 3. The van der Waals surface area contributed by atoms with Gasteiger partial charge < -0.3 is 20.5 Å². The van der Waals surface area contributed by atoms with Crippen molar-refractivity contribution in [3.63, 3.8) is 0 Å². The monoisotopic (exact) mass is 511 g/mol. The van der Waals surface area contributed by atoms with Gasteiger partial charge in [-0.15, -0.1) is 13.2 Å². The lowest BCUT2D eigenvalue weighted by molar-refractivity contribution is -0.383. The van der Waals surface area contributed by atoms with E-state index in [1.165, 1.54) is 36.4 Å². The first-order valence-corrected chi connectivity index (χ1v) is 10.7. The van der Waals surface area contributed by atoms with Crippen LogP contribution in [0.3, 0.4) is 0 Å². The van der Waals surface area contributed by atoms with Crippen molar-refractivity contribution in [2.24, 2.45) is 5.92 Å². The maximum absolute atomic E-state index is 12.7. The lowest BCUT2D eigenvalue weighted by Gasteiger charge is -2.21. The number of ether oxygens (including phenoxy) is 1. The number of rotatable bonds is 9. The largest absolute Gasteiger partial charge is 0.573 e. The zero-order chi connectivity index (χ0) is 25.8. The Morgan fingerprint density at radius 1 is 1.17 bits per heavy atom. The summed E-state index contributed by atoms with van der Waals surface area (Å²) >= 11 is 6.00. The van der Waals surface area contributed by atoms with Gasteiger partial charge in [0.15, 0.2) is 0 Å². The fourth-order valence-corrected chi connectivity index (χ4v) is 3.24. The summed E-state index contributed by atoms with van der Waals surface area (Å²) in [4.78, 5) is 19.5. The minimum atomic E-state index is -4.87. The van der Waals surface area contributed by atoms with E-state index < -0.39 is 23.1 Å². The Morgan fingerprint density at radius 3 is 2.54 bits per heavy atom. The molecule has 0 bridgehead atoms. The second-order valence-electron chi connectivity index (χ2n) is 7.76. The number of aliphatic hydroxyl groups is 1. The van der Waals surface area contributed by atoms with Gasteiger partial charge in [0.25, 0.3) is 5.69 Å². The molecule has 186 valence electrons.